The maximum Gasteiger partial charge on any atom is 1.00 e. The van der Waals surface area contributed by atoms with Crippen molar-refractivity contribution < 1.29 is 28.3 Å². The Bertz CT molecular complexity index is 262. The third kappa shape index (κ3) is 9.44. The zero-order chi connectivity index (χ0) is 11.6. The minimum Gasteiger partial charge on any atom is -0.532 e. The second-order valence-electron chi connectivity index (χ2n) is 4.26. The number of hydrogen-bond donors (Lipinski definition) is 0. The maximum absolute atomic E-state index is 5.37. The van der Waals surface area contributed by atoms with E-state index in [2.05, 4.69) is 13.8 Å². The summed E-state index contributed by atoms with van der Waals surface area (Å²) in [6.45, 7) is 7.20. The molecule has 0 bridgehead atoms. The van der Waals surface area contributed by atoms with Crippen LogP contribution in [0.5, 0.6) is 0 Å². The van der Waals surface area contributed by atoms with Crippen molar-refractivity contribution in [2.45, 2.75) is 33.3 Å². The van der Waals surface area contributed by atoms with Gasteiger partial charge in [-0.2, -0.15) is 6.42 Å². The Labute approximate surface area is 117 Å². The quantitative estimate of drug-likeness (QED) is 0.283. The summed E-state index contributed by atoms with van der Waals surface area (Å²) < 4.78 is 10.6. The van der Waals surface area contributed by atoms with Crippen molar-refractivity contribution in [3.8, 4) is 0 Å². The summed E-state index contributed by atoms with van der Waals surface area (Å²) in [6.07, 6.45) is 2.16. The molecule has 0 saturated carbocycles. The monoisotopic (exact) mass is 228 g/mol. The molecule has 0 aliphatic carbocycles. The molecule has 0 fully saturated rings. The van der Waals surface area contributed by atoms with Crippen LogP contribution in [0.15, 0.2) is 30.3 Å². The van der Waals surface area contributed by atoms with E-state index in [0.29, 0.717) is 13.4 Å². The molecule has 0 aromatic heterocycles. The molecular formula is C14H21LiO2. The summed E-state index contributed by atoms with van der Waals surface area (Å²) in [4.78, 5) is 0. The molecule has 17 heavy (non-hydrogen) atoms. The summed E-state index contributed by atoms with van der Waals surface area (Å²) in [5.74, 6) is 0.727. The molecular weight excluding hydrogens is 207 g/mol. The summed E-state index contributed by atoms with van der Waals surface area (Å²) in [5.41, 5.74) is 1.17. The molecule has 0 radical (unpaired) electrons. The first-order valence-corrected chi connectivity index (χ1v) is 5.84. The topological polar surface area (TPSA) is 18.5 Å². The van der Waals surface area contributed by atoms with Gasteiger partial charge in [0, 0.05) is 0 Å². The fourth-order valence-corrected chi connectivity index (χ4v) is 1.31. The second kappa shape index (κ2) is 10.9. The fourth-order valence-electron chi connectivity index (χ4n) is 1.31. The molecule has 1 aromatic carbocycles. The van der Waals surface area contributed by atoms with Gasteiger partial charge in [-0.05, 0) is 11.5 Å². The van der Waals surface area contributed by atoms with Crippen LogP contribution >= 0.6 is 0 Å². The Morgan fingerprint density at radius 2 is 1.88 bits per heavy atom. The van der Waals surface area contributed by atoms with E-state index in [-0.39, 0.29) is 18.9 Å². The molecule has 1 aromatic rings. The molecule has 0 N–H and O–H groups in total. The van der Waals surface area contributed by atoms with E-state index in [9.17, 15) is 0 Å². The van der Waals surface area contributed by atoms with E-state index in [0.717, 1.165) is 12.3 Å². The van der Waals surface area contributed by atoms with Crippen LogP contribution in [0, 0.1) is 12.5 Å². The third-order valence-corrected chi connectivity index (χ3v) is 2.24. The smallest absolute Gasteiger partial charge is 0.532 e. The first-order valence-electron chi connectivity index (χ1n) is 5.84. The summed E-state index contributed by atoms with van der Waals surface area (Å²) >= 11 is 0. The summed E-state index contributed by atoms with van der Waals surface area (Å²) in [7, 11) is 0. The van der Waals surface area contributed by atoms with Crippen molar-refractivity contribution in [2.24, 2.45) is 5.92 Å². The molecule has 1 rings (SSSR count). The first kappa shape index (κ1) is 16.7. The van der Waals surface area contributed by atoms with Gasteiger partial charge in [-0.1, -0.05) is 50.6 Å². The molecule has 0 saturated heterocycles. The van der Waals surface area contributed by atoms with Crippen LogP contribution < -0.4 is 18.9 Å². The van der Waals surface area contributed by atoms with Crippen LogP contribution in [-0.2, 0) is 16.1 Å². The van der Waals surface area contributed by atoms with Gasteiger partial charge in [-0.15, -0.1) is 0 Å². The standard InChI is InChI=1S/C14H21O2.Li/c1-13(2)7-6-10-15-12-16-11-14-8-4-3-5-9-14;/h3-5,8-10,13H,6-7,11-12H2,1-2H3;/q-1;+1. The van der Waals surface area contributed by atoms with E-state index in [4.69, 9.17) is 9.47 Å². The van der Waals surface area contributed by atoms with Gasteiger partial charge in [0.2, 0.25) is 0 Å². The van der Waals surface area contributed by atoms with Crippen molar-refractivity contribution in [3.05, 3.63) is 42.5 Å². The number of benzene rings is 1. The Morgan fingerprint density at radius 1 is 1.18 bits per heavy atom. The van der Waals surface area contributed by atoms with Crippen LogP contribution in [0.1, 0.15) is 32.3 Å². The molecule has 3 heteroatoms. The summed E-state index contributed by atoms with van der Waals surface area (Å²) in [5, 5.41) is 0. The van der Waals surface area contributed by atoms with Crippen molar-refractivity contribution in [1.82, 2.24) is 0 Å². The normalized spacial score (nSPS) is 10.3. The number of rotatable bonds is 8. The average Bonchev–Trinajstić information content (AvgIpc) is 2.29. The molecule has 0 spiro atoms. The first-order chi connectivity index (χ1) is 7.79. The summed E-state index contributed by atoms with van der Waals surface area (Å²) in [6, 6.07) is 10.1. The third-order valence-electron chi connectivity index (χ3n) is 2.24. The van der Waals surface area contributed by atoms with E-state index < -0.39 is 0 Å². The Kier molecular flexibility index (Phi) is 10.7. The van der Waals surface area contributed by atoms with Crippen LogP contribution in [0.2, 0.25) is 0 Å². The van der Waals surface area contributed by atoms with Gasteiger partial charge in [0.1, 0.15) is 6.79 Å². The van der Waals surface area contributed by atoms with Crippen LogP contribution in [0.4, 0.5) is 0 Å². The minimum atomic E-state index is 0. The number of ether oxygens (including phenoxy) is 2. The second-order valence-corrected chi connectivity index (χ2v) is 4.26. The minimum absolute atomic E-state index is 0. The van der Waals surface area contributed by atoms with Gasteiger partial charge < -0.3 is 9.47 Å². The molecule has 0 amide bonds. The van der Waals surface area contributed by atoms with E-state index in [1.165, 1.54) is 12.0 Å². The Hall–Kier alpha value is -0.263. The van der Waals surface area contributed by atoms with Crippen LogP contribution in [0.3, 0.4) is 0 Å². The number of hydrogen-bond acceptors (Lipinski definition) is 2. The molecule has 0 unspecified atom stereocenters. The molecule has 0 aliphatic heterocycles. The van der Waals surface area contributed by atoms with Gasteiger partial charge in [0.25, 0.3) is 0 Å². The van der Waals surface area contributed by atoms with Crippen LogP contribution in [0.25, 0.3) is 0 Å². The molecule has 90 valence electrons. The van der Waals surface area contributed by atoms with E-state index >= 15 is 0 Å². The zero-order valence-electron chi connectivity index (χ0n) is 11.2. The Balaban J connectivity index is 0.00000256. The van der Waals surface area contributed by atoms with Crippen LogP contribution in [-0.4, -0.2) is 6.79 Å². The van der Waals surface area contributed by atoms with Crippen molar-refractivity contribution in [1.29, 1.82) is 0 Å². The average molecular weight is 228 g/mol. The zero-order valence-corrected chi connectivity index (χ0v) is 11.2. The largest absolute Gasteiger partial charge is 1.00 e. The van der Waals surface area contributed by atoms with Crippen molar-refractivity contribution >= 4 is 0 Å². The SMILES string of the molecule is CC(C)CC[CH-]OCOCc1ccccc1.[Li+]. The van der Waals surface area contributed by atoms with E-state index in [1.54, 1.807) is 0 Å². The predicted molar refractivity (Wildman–Crippen MR) is 65.6 cm³/mol. The molecule has 0 atom stereocenters. The van der Waals surface area contributed by atoms with Gasteiger partial charge in [-0.25, -0.2) is 6.61 Å². The molecule has 2 nitrogen and oxygen atoms in total. The van der Waals surface area contributed by atoms with Gasteiger partial charge in [0.05, 0.1) is 6.61 Å². The van der Waals surface area contributed by atoms with Gasteiger partial charge >= 0.3 is 18.9 Å². The molecule has 0 heterocycles. The van der Waals surface area contributed by atoms with Gasteiger partial charge in [-0.3, -0.25) is 0 Å². The van der Waals surface area contributed by atoms with Crippen molar-refractivity contribution in [2.75, 3.05) is 6.79 Å². The predicted octanol–water partition coefficient (Wildman–Crippen LogP) is 0.779. The van der Waals surface area contributed by atoms with Gasteiger partial charge in [0.15, 0.2) is 0 Å². The maximum atomic E-state index is 5.37. The van der Waals surface area contributed by atoms with E-state index in [1.807, 2.05) is 36.9 Å². The fraction of sp³-hybridized carbons (Fsp3) is 0.500. The molecule has 0 aliphatic rings. The van der Waals surface area contributed by atoms with Crippen molar-refractivity contribution in [3.63, 3.8) is 0 Å². The Morgan fingerprint density at radius 3 is 2.53 bits per heavy atom.